The largest absolute Gasteiger partial charge is 0.339 e. The Morgan fingerprint density at radius 2 is 1.42 bits per heavy atom. The first-order valence-corrected chi connectivity index (χ1v) is 8.89. The summed E-state index contributed by atoms with van der Waals surface area (Å²) >= 11 is 3.36. The van der Waals surface area contributed by atoms with Crippen LogP contribution in [0.3, 0.4) is 0 Å². The van der Waals surface area contributed by atoms with Crippen molar-refractivity contribution in [3.05, 3.63) is 64.1 Å². The second kappa shape index (κ2) is 7.62. The number of anilines is 1. The van der Waals surface area contributed by atoms with Gasteiger partial charge in [-0.3, -0.25) is 9.59 Å². The highest BCUT2D eigenvalue weighted by Gasteiger charge is 2.18. The smallest absolute Gasteiger partial charge is 0.255 e. The number of likely N-dealkylation sites (tertiary alicyclic amines) is 1. The van der Waals surface area contributed by atoms with Gasteiger partial charge >= 0.3 is 0 Å². The third kappa shape index (κ3) is 4.03. The van der Waals surface area contributed by atoms with Crippen LogP contribution in [0.4, 0.5) is 5.69 Å². The Bertz CT molecular complexity index is 720. The number of halogens is 1. The minimum Gasteiger partial charge on any atom is -0.339 e. The Labute approximate surface area is 150 Å². The standard InChI is InChI=1S/C19H19BrN2O2/c20-16-8-10-17(11-9-16)21-18(23)14-4-6-15(7-5-14)19(24)22-12-2-1-3-13-22/h4-11H,1-3,12-13H2,(H,21,23). The molecule has 124 valence electrons. The van der Waals surface area contributed by atoms with Crippen LogP contribution in [0, 0.1) is 0 Å². The van der Waals surface area contributed by atoms with Crippen LogP contribution in [0.1, 0.15) is 40.0 Å². The van der Waals surface area contributed by atoms with Crippen molar-refractivity contribution >= 4 is 33.4 Å². The first kappa shape index (κ1) is 16.7. The molecule has 1 aliphatic rings. The SMILES string of the molecule is O=C(Nc1ccc(Br)cc1)c1ccc(C(=O)N2CCCCC2)cc1. The van der Waals surface area contributed by atoms with Crippen molar-refractivity contribution in [3.63, 3.8) is 0 Å². The summed E-state index contributed by atoms with van der Waals surface area (Å²) in [4.78, 5) is 26.6. The van der Waals surface area contributed by atoms with E-state index in [0.29, 0.717) is 11.1 Å². The Balaban J connectivity index is 1.66. The van der Waals surface area contributed by atoms with Gasteiger partial charge in [0.2, 0.25) is 0 Å². The van der Waals surface area contributed by atoms with Crippen LogP contribution in [-0.4, -0.2) is 29.8 Å². The van der Waals surface area contributed by atoms with Crippen LogP contribution in [-0.2, 0) is 0 Å². The zero-order valence-electron chi connectivity index (χ0n) is 13.3. The number of rotatable bonds is 3. The van der Waals surface area contributed by atoms with Gasteiger partial charge < -0.3 is 10.2 Å². The van der Waals surface area contributed by atoms with E-state index in [-0.39, 0.29) is 11.8 Å². The van der Waals surface area contributed by atoms with Crippen molar-refractivity contribution in [1.29, 1.82) is 0 Å². The average molecular weight is 387 g/mol. The van der Waals surface area contributed by atoms with E-state index >= 15 is 0 Å². The van der Waals surface area contributed by atoms with E-state index in [4.69, 9.17) is 0 Å². The second-order valence-corrected chi connectivity index (χ2v) is 6.81. The molecule has 1 fully saturated rings. The lowest BCUT2D eigenvalue weighted by molar-refractivity contribution is 0.0724. The zero-order chi connectivity index (χ0) is 16.9. The quantitative estimate of drug-likeness (QED) is 0.853. The van der Waals surface area contributed by atoms with Crippen LogP contribution in [0.15, 0.2) is 53.0 Å². The van der Waals surface area contributed by atoms with Crippen LogP contribution in [0.25, 0.3) is 0 Å². The molecule has 4 nitrogen and oxygen atoms in total. The Morgan fingerprint density at radius 1 is 0.833 bits per heavy atom. The van der Waals surface area contributed by atoms with E-state index < -0.39 is 0 Å². The number of hydrogen-bond donors (Lipinski definition) is 1. The molecule has 1 aliphatic heterocycles. The van der Waals surface area contributed by atoms with Crippen LogP contribution >= 0.6 is 15.9 Å². The maximum atomic E-state index is 12.4. The molecule has 2 aromatic rings. The lowest BCUT2D eigenvalue weighted by atomic mass is 10.1. The fourth-order valence-electron chi connectivity index (χ4n) is 2.78. The van der Waals surface area contributed by atoms with Crippen LogP contribution in [0.5, 0.6) is 0 Å². The first-order chi connectivity index (χ1) is 11.6. The van der Waals surface area contributed by atoms with Gasteiger partial charge in [-0.25, -0.2) is 0 Å². The fraction of sp³-hybridized carbons (Fsp3) is 0.263. The third-order valence-electron chi connectivity index (χ3n) is 4.14. The molecule has 2 amide bonds. The monoisotopic (exact) mass is 386 g/mol. The van der Waals surface area contributed by atoms with Crippen molar-refractivity contribution < 1.29 is 9.59 Å². The number of amides is 2. The molecule has 0 aliphatic carbocycles. The molecule has 2 aromatic carbocycles. The zero-order valence-corrected chi connectivity index (χ0v) is 14.9. The summed E-state index contributed by atoms with van der Waals surface area (Å²) < 4.78 is 0.959. The molecule has 1 heterocycles. The van der Waals surface area contributed by atoms with E-state index in [2.05, 4.69) is 21.2 Å². The van der Waals surface area contributed by atoms with Gasteiger partial charge in [0, 0.05) is 34.4 Å². The minimum atomic E-state index is -0.186. The maximum Gasteiger partial charge on any atom is 0.255 e. The van der Waals surface area contributed by atoms with Crippen molar-refractivity contribution in [3.8, 4) is 0 Å². The van der Waals surface area contributed by atoms with E-state index in [9.17, 15) is 9.59 Å². The number of nitrogens with one attached hydrogen (secondary N) is 1. The van der Waals surface area contributed by atoms with Gasteiger partial charge in [-0.15, -0.1) is 0 Å². The number of benzene rings is 2. The van der Waals surface area contributed by atoms with Crippen LogP contribution < -0.4 is 5.32 Å². The van der Waals surface area contributed by atoms with Crippen molar-refractivity contribution in [2.45, 2.75) is 19.3 Å². The molecule has 0 radical (unpaired) electrons. The normalized spacial score (nSPS) is 14.3. The lowest BCUT2D eigenvalue weighted by Gasteiger charge is -2.26. The molecule has 0 aromatic heterocycles. The highest BCUT2D eigenvalue weighted by atomic mass is 79.9. The number of nitrogens with zero attached hydrogens (tertiary/aromatic N) is 1. The minimum absolute atomic E-state index is 0.0505. The van der Waals surface area contributed by atoms with E-state index in [0.717, 1.165) is 36.1 Å². The molecular weight excluding hydrogens is 368 g/mol. The van der Waals surface area contributed by atoms with E-state index in [1.807, 2.05) is 29.2 Å². The lowest BCUT2D eigenvalue weighted by Crippen LogP contribution is -2.35. The highest BCUT2D eigenvalue weighted by molar-refractivity contribution is 9.10. The van der Waals surface area contributed by atoms with Gasteiger partial charge in [0.15, 0.2) is 0 Å². The highest BCUT2D eigenvalue weighted by Crippen LogP contribution is 2.16. The maximum absolute atomic E-state index is 12.4. The van der Waals surface area contributed by atoms with Gasteiger partial charge in [-0.1, -0.05) is 15.9 Å². The molecule has 0 atom stereocenters. The first-order valence-electron chi connectivity index (χ1n) is 8.10. The summed E-state index contributed by atoms with van der Waals surface area (Å²) in [6, 6.07) is 14.3. The van der Waals surface area contributed by atoms with Gasteiger partial charge in [0.25, 0.3) is 11.8 Å². The molecule has 0 saturated carbocycles. The Kier molecular flexibility index (Phi) is 5.30. The van der Waals surface area contributed by atoms with Crippen molar-refractivity contribution in [2.24, 2.45) is 0 Å². The second-order valence-electron chi connectivity index (χ2n) is 5.89. The summed E-state index contributed by atoms with van der Waals surface area (Å²) in [5, 5.41) is 2.84. The molecule has 1 N–H and O–H groups in total. The summed E-state index contributed by atoms with van der Waals surface area (Å²) in [7, 11) is 0. The number of carbonyl (C=O) groups excluding carboxylic acids is 2. The predicted molar refractivity (Wildman–Crippen MR) is 98.3 cm³/mol. The predicted octanol–water partition coefficient (Wildman–Crippen LogP) is 4.33. The van der Waals surface area contributed by atoms with Crippen molar-refractivity contribution in [1.82, 2.24) is 4.90 Å². The van der Waals surface area contributed by atoms with E-state index in [1.165, 1.54) is 6.42 Å². The van der Waals surface area contributed by atoms with Gasteiger partial charge in [0.1, 0.15) is 0 Å². The van der Waals surface area contributed by atoms with E-state index in [1.54, 1.807) is 24.3 Å². The molecular formula is C19H19BrN2O2. The third-order valence-corrected chi connectivity index (χ3v) is 4.67. The summed E-state index contributed by atoms with van der Waals surface area (Å²) in [6.45, 7) is 1.65. The number of hydrogen-bond acceptors (Lipinski definition) is 2. The average Bonchev–Trinajstić information content (AvgIpc) is 2.64. The van der Waals surface area contributed by atoms with Crippen molar-refractivity contribution in [2.75, 3.05) is 18.4 Å². The number of carbonyl (C=O) groups is 2. The molecule has 0 spiro atoms. The topological polar surface area (TPSA) is 49.4 Å². The molecule has 0 unspecified atom stereocenters. The Morgan fingerprint density at radius 3 is 2.04 bits per heavy atom. The fourth-order valence-corrected chi connectivity index (χ4v) is 3.04. The summed E-state index contributed by atoms with van der Waals surface area (Å²) in [6.07, 6.45) is 3.33. The van der Waals surface area contributed by atoms with Gasteiger partial charge in [-0.2, -0.15) is 0 Å². The van der Waals surface area contributed by atoms with Gasteiger partial charge in [-0.05, 0) is 67.8 Å². The summed E-state index contributed by atoms with van der Waals surface area (Å²) in [5.74, 6) is -0.135. The summed E-state index contributed by atoms with van der Waals surface area (Å²) in [5.41, 5.74) is 1.90. The number of piperidine rings is 1. The van der Waals surface area contributed by atoms with Crippen LogP contribution in [0.2, 0.25) is 0 Å². The van der Waals surface area contributed by atoms with Gasteiger partial charge in [0.05, 0.1) is 0 Å². The molecule has 1 saturated heterocycles. The Hall–Kier alpha value is -2.14. The molecule has 24 heavy (non-hydrogen) atoms. The molecule has 5 heteroatoms. The molecule has 3 rings (SSSR count). The molecule has 0 bridgehead atoms.